The van der Waals surface area contributed by atoms with Crippen molar-refractivity contribution in [1.82, 2.24) is 30.9 Å². The summed E-state index contributed by atoms with van der Waals surface area (Å²) in [7, 11) is 0. The first-order valence-electron chi connectivity index (χ1n) is 15.3. The molecule has 10 aromatic rings. The lowest BCUT2D eigenvalue weighted by atomic mass is 9.97. The van der Waals surface area contributed by atoms with Gasteiger partial charge in [-0.3, -0.25) is 0 Å². The van der Waals surface area contributed by atoms with Crippen molar-refractivity contribution in [2.24, 2.45) is 0 Å². The van der Waals surface area contributed by atoms with Crippen molar-refractivity contribution < 1.29 is 13.9 Å². The molecule has 3 aromatic heterocycles. The van der Waals surface area contributed by atoms with E-state index in [9.17, 15) is 0 Å². The van der Waals surface area contributed by atoms with Crippen LogP contribution < -0.4 is 4.90 Å². The van der Waals surface area contributed by atoms with Crippen LogP contribution in [0.5, 0.6) is 0 Å². The lowest BCUT2D eigenvalue weighted by Gasteiger charge is -2.25. The van der Waals surface area contributed by atoms with Gasteiger partial charge in [-0.2, -0.15) is 0 Å². The molecule has 0 amide bonds. The average molecular weight is 624 g/mol. The van der Waals surface area contributed by atoms with Crippen molar-refractivity contribution in [3.05, 3.63) is 127 Å². The topological polar surface area (TPSA) is 120 Å². The van der Waals surface area contributed by atoms with Crippen LogP contribution >= 0.6 is 0 Å². The highest BCUT2D eigenvalue weighted by Crippen LogP contribution is 2.45. The fourth-order valence-electron chi connectivity index (χ4n) is 6.62. The molecule has 0 aliphatic rings. The van der Waals surface area contributed by atoms with Gasteiger partial charge in [-0.1, -0.05) is 72.8 Å². The van der Waals surface area contributed by atoms with Gasteiger partial charge in [0.15, 0.2) is 16.6 Å². The Kier molecular flexibility index (Phi) is 5.64. The van der Waals surface area contributed by atoms with E-state index in [1.807, 2.05) is 77.7 Å². The monoisotopic (exact) mass is 623 g/mol. The zero-order valence-corrected chi connectivity index (χ0v) is 25.0. The highest BCUT2D eigenvalue weighted by Gasteiger charge is 2.27. The van der Waals surface area contributed by atoms with Crippen LogP contribution in [0, 0.1) is 0 Å². The van der Waals surface area contributed by atoms with Crippen molar-refractivity contribution in [2.75, 3.05) is 4.90 Å². The first-order valence-corrected chi connectivity index (χ1v) is 15.3. The molecule has 10 nitrogen and oxygen atoms in total. The molecule has 0 bridgehead atoms. The molecule has 0 N–H and O–H groups in total. The van der Waals surface area contributed by atoms with Gasteiger partial charge >= 0.3 is 0 Å². The van der Waals surface area contributed by atoms with Gasteiger partial charge in [0.1, 0.15) is 16.6 Å². The highest BCUT2D eigenvalue weighted by atomic mass is 16.6. The number of aromatic nitrogens is 6. The van der Waals surface area contributed by atoms with E-state index in [0.717, 1.165) is 33.0 Å². The zero-order chi connectivity index (χ0) is 31.6. The highest BCUT2D eigenvalue weighted by molar-refractivity contribution is 6.09. The summed E-state index contributed by atoms with van der Waals surface area (Å²) in [5.74, 6) is 0. The van der Waals surface area contributed by atoms with Crippen LogP contribution in [0.3, 0.4) is 0 Å². The Hall–Kier alpha value is -6.94. The van der Waals surface area contributed by atoms with Crippen LogP contribution in [0.2, 0.25) is 0 Å². The fraction of sp³-hybridized carbons (Fsp3) is 0. The summed E-state index contributed by atoms with van der Waals surface area (Å²) in [5.41, 5.74) is 9.34. The molecule has 0 atom stereocenters. The van der Waals surface area contributed by atoms with Crippen LogP contribution in [0.15, 0.2) is 141 Å². The van der Waals surface area contributed by atoms with Crippen molar-refractivity contribution >= 4 is 71.7 Å². The molecule has 0 aliphatic heterocycles. The maximum atomic E-state index is 5.44. The van der Waals surface area contributed by atoms with Gasteiger partial charge < -0.3 is 4.90 Å². The lowest BCUT2D eigenvalue weighted by molar-refractivity contribution is 0.315. The van der Waals surface area contributed by atoms with Crippen molar-refractivity contribution in [3.63, 3.8) is 0 Å². The molecule has 0 radical (unpaired) electrons. The van der Waals surface area contributed by atoms with E-state index in [4.69, 9.17) is 13.9 Å². The van der Waals surface area contributed by atoms with Gasteiger partial charge in [-0.15, -0.1) is 0 Å². The first kappa shape index (κ1) is 26.3. The summed E-state index contributed by atoms with van der Waals surface area (Å²) in [6.07, 6.45) is 0. The van der Waals surface area contributed by atoms with Crippen LogP contribution in [0.1, 0.15) is 0 Å². The normalized spacial score (nSPS) is 11.8. The van der Waals surface area contributed by atoms with E-state index >= 15 is 0 Å². The second-order valence-corrected chi connectivity index (χ2v) is 11.6. The quantitative estimate of drug-likeness (QED) is 0.171. The van der Waals surface area contributed by atoms with E-state index in [-0.39, 0.29) is 0 Å². The summed E-state index contributed by atoms with van der Waals surface area (Å²) < 4.78 is 16.0. The summed E-state index contributed by atoms with van der Waals surface area (Å²) in [6, 6.07) is 43.0. The van der Waals surface area contributed by atoms with Crippen LogP contribution in [0.4, 0.5) is 17.1 Å². The molecular formula is C38H21N7O3. The maximum absolute atomic E-state index is 5.44. The van der Waals surface area contributed by atoms with Crippen LogP contribution in [0.25, 0.3) is 76.9 Å². The van der Waals surface area contributed by atoms with Gasteiger partial charge in [0, 0.05) is 11.1 Å². The molecule has 0 saturated carbocycles. The van der Waals surface area contributed by atoms with E-state index in [1.54, 1.807) is 0 Å². The van der Waals surface area contributed by atoms with Crippen molar-refractivity contribution in [2.45, 2.75) is 0 Å². The second kappa shape index (κ2) is 10.3. The molecule has 0 saturated heterocycles. The minimum atomic E-state index is 0.552. The summed E-state index contributed by atoms with van der Waals surface area (Å²) in [6.45, 7) is 0. The number of hydrogen-bond acceptors (Lipinski definition) is 10. The van der Waals surface area contributed by atoms with E-state index in [2.05, 4.69) is 85.5 Å². The van der Waals surface area contributed by atoms with Gasteiger partial charge in [0.2, 0.25) is 0 Å². The van der Waals surface area contributed by atoms with Gasteiger partial charge in [-0.05, 0) is 118 Å². The standard InChI is InChI=1S/C38H21N7O3/c1-2-7-22(8-3-1)28-15-17-32(37-34(28)40-47-43-37)45(31-12-6-11-30-36(31)42-46-39-30)33-18-16-29(35-38(33)44-48-41-35)26-14-13-25-19-23-9-4-5-10-24(23)20-27(25)21-26/h1-21H. The van der Waals surface area contributed by atoms with E-state index < -0.39 is 0 Å². The number of fused-ring (bicyclic) bond motifs is 5. The molecular weight excluding hydrogens is 602 g/mol. The summed E-state index contributed by atoms with van der Waals surface area (Å²) in [5, 5.41) is 30.6. The number of nitrogens with zero attached hydrogens (tertiary/aromatic N) is 7. The number of rotatable bonds is 5. The second-order valence-electron chi connectivity index (χ2n) is 11.6. The smallest absolute Gasteiger partial charge is 0.159 e. The Morgan fingerprint density at radius 3 is 1.65 bits per heavy atom. The molecule has 48 heavy (non-hydrogen) atoms. The maximum Gasteiger partial charge on any atom is 0.159 e. The molecule has 226 valence electrons. The largest absolute Gasteiger partial charge is 0.303 e. The van der Waals surface area contributed by atoms with Crippen LogP contribution in [-0.4, -0.2) is 30.9 Å². The summed E-state index contributed by atoms with van der Waals surface area (Å²) in [4.78, 5) is 2.00. The zero-order valence-electron chi connectivity index (χ0n) is 25.0. The minimum Gasteiger partial charge on any atom is -0.303 e. The third-order valence-corrected chi connectivity index (χ3v) is 8.88. The molecule has 10 rings (SSSR count). The molecule has 10 heteroatoms. The molecule has 0 spiro atoms. The SMILES string of the molecule is c1ccc(-c2ccc(N(c3cccc4nonc34)c3ccc(-c4ccc5cc6ccccc6cc5c4)c4nonc34)c3nonc23)cc1. The molecule has 0 unspecified atom stereocenters. The third kappa shape index (κ3) is 3.99. The minimum absolute atomic E-state index is 0.552. The van der Waals surface area contributed by atoms with Crippen LogP contribution in [-0.2, 0) is 0 Å². The molecule has 0 aliphatic carbocycles. The number of anilines is 3. The lowest BCUT2D eigenvalue weighted by Crippen LogP contribution is -2.12. The van der Waals surface area contributed by atoms with Gasteiger partial charge in [-0.25, -0.2) is 13.9 Å². The third-order valence-electron chi connectivity index (χ3n) is 8.88. The summed E-state index contributed by atoms with van der Waals surface area (Å²) >= 11 is 0. The van der Waals surface area contributed by atoms with E-state index in [0.29, 0.717) is 50.2 Å². The predicted molar refractivity (Wildman–Crippen MR) is 183 cm³/mol. The predicted octanol–water partition coefficient (Wildman–Crippen LogP) is 9.41. The van der Waals surface area contributed by atoms with E-state index in [1.165, 1.54) is 10.8 Å². The Labute approximate surface area is 270 Å². The Bertz CT molecular complexity index is 2820. The Balaban J connectivity index is 1.19. The average Bonchev–Trinajstić information content (AvgIpc) is 3.93. The van der Waals surface area contributed by atoms with Gasteiger partial charge in [0.05, 0.1) is 17.1 Å². The Morgan fingerprint density at radius 1 is 0.354 bits per heavy atom. The first-order chi connectivity index (χ1) is 23.8. The fourth-order valence-corrected chi connectivity index (χ4v) is 6.62. The number of benzene rings is 7. The van der Waals surface area contributed by atoms with Crippen molar-refractivity contribution in [1.29, 1.82) is 0 Å². The van der Waals surface area contributed by atoms with Crippen molar-refractivity contribution in [3.8, 4) is 22.3 Å². The Morgan fingerprint density at radius 2 is 0.917 bits per heavy atom. The number of hydrogen-bond donors (Lipinski definition) is 0. The molecule has 0 fully saturated rings. The molecule has 7 aromatic carbocycles. The molecule has 3 heterocycles. The van der Waals surface area contributed by atoms with Gasteiger partial charge in [0.25, 0.3) is 0 Å².